The number of likely N-dealkylation sites (N-methyl/N-ethyl adjacent to an activating group) is 1. The third-order valence-electron chi connectivity index (χ3n) is 3.41. The van der Waals surface area contributed by atoms with E-state index in [4.69, 9.17) is 14.2 Å². The monoisotopic (exact) mass is 271 g/mol. The smallest absolute Gasteiger partial charge is 0.169 e. The van der Waals surface area contributed by atoms with Crippen molar-refractivity contribution in [1.82, 2.24) is 5.32 Å². The highest BCUT2D eigenvalue weighted by molar-refractivity contribution is 5.52. The molecular formula is C16H17NO3. The van der Waals surface area contributed by atoms with Gasteiger partial charge in [-0.2, -0.15) is 0 Å². The Labute approximate surface area is 118 Å². The van der Waals surface area contributed by atoms with Crippen molar-refractivity contribution in [2.45, 2.75) is 6.04 Å². The molecule has 104 valence electrons. The van der Waals surface area contributed by atoms with Gasteiger partial charge in [-0.25, -0.2) is 0 Å². The van der Waals surface area contributed by atoms with E-state index >= 15 is 0 Å². The predicted molar refractivity (Wildman–Crippen MR) is 76.8 cm³/mol. The normalized spacial score (nSPS) is 16.4. The van der Waals surface area contributed by atoms with Gasteiger partial charge in [0.25, 0.3) is 0 Å². The van der Waals surface area contributed by atoms with Gasteiger partial charge in [0.2, 0.25) is 0 Å². The Morgan fingerprint density at radius 2 is 1.85 bits per heavy atom. The number of fused-ring (bicyclic) bond motifs is 1. The van der Waals surface area contributed by atoms with Gasteiger partial charge in [0.1, 0.15) is 18.1 Å². The predicted octanol–water partition coefficient (Wildman–Crippen LogP) is 3.14. The van der Waals surface area contributed by atoms with E-state index in [9.17, 15) is 0 Å². The standard InChI is InChI=1S/C16H17NO3/c1-17-14-10-19-16-13(14)4-3-5-15(16)20-12-8-6-11(18-2)7-9-12/h3-9,14,17H,10H2,1-2H3/t14-/m1/s1. The maximum atomic E-state index is 5.91. The lowest BCUT2D eigenvalue weighted by molar-refractivity contribution is 0.307. The van der Waals surface area contributed by atoms with Crippen LogP contribution in [0.2, 0.25) is 0 Å². The number of nitrogens with one attached hydrogen (secondary N) is 1. The fourth-order valence-electron chi connectivity index (χ4n) is 2.31. The van der Waals surface area contributed by atoms with Crippen LogP contribution in [0.15, 0.2) is 42.5 Å². The highest BCUT2D eigenvalue weighted by Crippen LogP contribution is 2.41. The average molecular weight is 271 g/mol. The Bertz CT molecular complexity index is 595. The molecule has 2 aromatic rings. The molecule has 2 aromatic carbocycles. The molecular weight excluding hydrogens is 254 g/mol. The number of para-hydroxylation sites is 1. The fraction of sp³-hybridized carbons (Fsp3) is 0.250. The van der Waals surface area contributed by atoms with Crippen molar-refractivity contribution in [3.63, 3.8) is 0 Å². The maximum absolute atomic E-state index is 5.91. The van der Waals surface area contributed by atoms with E-state index in [0.29, 0.717) is 6.61 Å². The van der Waals surface area contributed by atoms with Crippen LogP contribution < -0.4 is 19.5 Å². The minimum absolute atomic E-state index is 0.226. The van der Waals surface area contributed by atoms with Gasteiger partial charge < -0.3 is 19.5 Å². The average Bonchev–Trinajstić information content (AvgIpc) is 2.92. The quantitative estimate of drug-likeness (QED) is 0.927. The first kappa shape index (κ1) is 12.8. The zero-order chi connectivity index (χ0) is 13.9. The Hall–Kier alpha value is -2.20. The Morgan fingerprint density at radius 3 is 2.55 bits per heavy atom. The van der Waals surface area contributed by atoms with Crippen molar-refractivity contribution >= 4 is 0 Å². The highest BCUT2D eigenvalue weighted by Gasteiger charge is 2.25. The number of methoxy groups -OCH3 is 1. The van der Waals surface area contributed by atoms with Gasteiger partial charge >= 0.3 is 0 Å². The van der Waals surface area contributed by atoms with Crippen LogP contribution in [0.1, 0.15) is 11.6 Å². The van der Waals surface area contributed by atoms with E-state index in [1.807, 2.05) is 43.4 Å². The molecule has 0 radical (unpaired) electrons. The molecule has 1 N–H and O–H groups in total. The number of ether oxygens (including phenoxy) is 3. The second kappa shape index (κ2) is 5.43. The maximum Gasteiger partial charge on any atom is 0.169 e. The molecule has 0 unspecified atom stereocenters. The van der Waals surface area contributed by atoms with Gasteiger partial charge in [-0.3, -0.25) is 0 Å². The third-order valence-corrected chi connectivity index (χ3v) is 3.41. The molecule has 1 aliphatic rings. The van der Waals surface area contributed by atoms with Gasteiger partial charge in [-0.15, -0.1) is 0 Å². The van der Waals surface area contributed by atoms with Crippen LogP contribution in [0.5, 0.6) is 23.0 Å². The molecule has 0 saturated carbocycles. The molecule has 4 nitrogen and oxygen atoms in total. The summed E-state index contributed by atoms with van der Waals surface area (Å²) in [5.74, 6) is 3.13. The lowest BCUT2D eigenvalue weighted by Gasteiger charge is -2.10. The zero-order valence-corrected chi connectivity index (χ0v) is 11.6. The summed E-state index contributed by atoms with van der Waals surface area (Å²) in [6.07, 6.45) is 0. The van der Waals surface area contributed by atoms with Crippen LogP contribution in [0, 0.1) is 0 Å². The van der Waals surface area contributed by atoms with Crippen molar-refractivity contribution in [2.75, 3.05) is 20.8 Å². The summed E-state index contributed by atoms with van der Waals surface area (Å²) in [4.78, 5) is 0. The van der Waals surface area contributed by atoms with Gasteiger partial charge in [-0.05, 0) is 37.4 Å². The van der Waals surface area contributed by atoms with Crippen molar-refractivity contribution in [1.29, 1.82) is 0 Å². The summed E-state index contributed by atoms with van der Waals surface area (Å²) in [7, 11) is 3.58. The van der Waals surface area contributed by atoms with Gasteiger partial charge in [0, 0.05) is 5.56 Å². The molecule has 0 amide bonds. The summed E-state index contributed by atoms with van der Waals surface area (Å²) in [5, 5.41) is 3.23. The van der Waals surface area contributed by atoms with Crippen LogP contribution in [0.4, 0.5) is 0 Å². The Kier molecular flexibility index (Phi) is 3.48. The molecule has 1 heterocycles. The Balaban J connectivity index is 1.86. The molecule has 3 rings (SSSR count). The van der Waals surface area contributed by atoms with Crippen molar-refractivity contribution < 1.29 is 14.2 Å². The minimum atomic E-state index is 0.226. The summed E-state index contributed by atoms with van der Waals surface area (Å²) in [6, 6.07) is 13.7. The SMILES string of the molecule is CN[C@@H]1COc2c(Oc3ccc(OC)cc3)cccc21. The van der Waals surface area contributed by atoms with Crippen molar-refractivity contribution in [2.24, 2.45) is 0 Å². The fourth-order valence-corrected chi connectivity index (χ4v) is 2.31. The molecule has 0 spiro atoms. The minimum Gasteiger partial charge on any atom is -0.497 e. The summed E-state index contributed by atoms with van der Waals surface area (Å²) in [6.45, 7) is 0.634. The first-order valence-electron chi connectivity index (χ1n) is 6.56. The van der Waals surface area contributed by atoms with Gasteiger partial charge in [0.05, 0.1) is 13.2 Å². The first-order valence-corrected chi connectivity index (χ1v) is 6.56. The number of benzene rings is 2. The highest BCUT2D eigenvalue weighted by atomic mass is 16.5. The molecule has 4 heteroatoms. The van der Waals surface area contributed by atoms with E-state index in [2.05, 4.69) is 11.4 Å². The van der Waals surface area contributed by atoms with Gasteiger partial charge in [0.15, 0.2) is 11.5 Å². The van der Waals surface area contributed by atoms with E-state index in [1.54, 1.807) is 7.11 Å². The number of hydrogen-bond donors (Lipinski definition) is 1. The van der Waals surface area contributed by atoms with Gasteiger partial charge in [-0.1, -0.05) is 12.1 Å². The molecule has 1 atom stereocenters. The molecule has 0 aliphatic carbocycles. The molecule has 0 fully saturated rings. The molecule has 0 saturated heterocycles. The van der Waals surface area contributed by atoms with E-state index < -0.39 is 0 Å². The molecule has 1 aliphatic heterocycles. The number of rotatable bonds is 4. The van der Waals surface area contributed by atoms with Crippen molar-refractivity contribution in [3.8, 4) is 23.0 Å². The van der Waals surface area contributed by atoms with Crippen molar-refractivity contribution in [3.05, 3.63) is 48.0 Å². The van der Waals surface area contributed by atoms with Crippen LogP contribution >= 0.6 is 0 Å². The molecule has 0 aromatic heterocycles. The summed E-state index contributed by atoms with van der Waals surface area (Å²) >= 11 is 0. The summed E-state index contributed by atoms with van der Waals surface area (Å²) in [5.41, 5.74) is 1.14. The first-order chi connectivity index (χ1) is 9.81. The van der Waals surface area contributed by atoms with E-state index in [1.165, 1.54) is 0 Å². The van der Waals surface area contributed by atoms with E-state index in [-0.39, 0.29) is 6.04 Å². The second-order valence-electron chi connectivity index (χ2n) is 4.60. The zero-order valence-electron chi connectivity index (χ0n) is 11.6. The number of hydrogen-bond acceptors (Lipinski definition) is 4. The molecule has 0 bridgehead atoms. The van der Waals surface area contributed by atoms with Crippen LogP contribution in [0.3, 0.4) is 0 Å². The third kappa shape index (κ3) is 2.30. The van der Waals surface area contributed by atoms with Crippen LogP contribution in [-0.2, 0) is 0 Å². The topological polar surface area (TPSA) is 39.7 Å². The largest absolute Gasteiger partial charge is 0.497 e. The summed E-state index contributed by atoms with van der Waals surface area (Å²) < 4.78 is 16.8. The van der Waals surface area contributed by atoms with Crippen LogP contribution in [-0.4, -0.2) is 20.8 Å². The Morgan fingerprint density at radius 1 is 1.10 bits per heavy atom. The van der Waals surface area contributed by atoms with E-state index in [0.717, 1.165) is 28.6 Å². The molecule has 20 heavy (non-hydrogen) atoms. The lowest BCUT2D eigenvalue weighted by atomic mass is 10.1. The van der Waals surface area contributed by atoms with Crippen LogP contribution in [0.25, 0.3) is 0 Å². The second-order valence-corrected chi connectivity index (χ2v) is 4.60. The lowest BCUT2D eigenvalue weighted by Crippen LogP contribution is -2.16.